The Morgan fingerprint density at radius 1 is 1.19 bits per heavy atom. The molecule has 3 heteroatoms. The van der Waals surface area contributed by atoms with Gasteiger partial charge in [-0.1, -0.05) is 30.3 Å². The quantitative estimate of drug-likeness (QED) is 0.612. The molecule has 1 aromatic carbocycles. The molecule has 2 aromatic rings. The van der Waals surface area contributed by atoms with Gasteiger partial charge in [-0.05, 0) is 24.6 Å². The summed E-state index contributed by atoms with van der Waals surface area (Å²) in [5.74, 6) is 1.13. The molecule has 0 bridgehead atoms. The lowest BCUT2D eigenvalue weighted by Gasteiger charge is -2.00. The van der Waals surface area contributed by atoms with Crippen LogP contribution in [0, 0.1) is 6.92 Å². The van der Waals surface area contributed by atoms with Crippen molar-refractivity contribution in [1.29, 1.82) is 0 Å². The highest BCUT2D eigenvalue weighted by molar-refractivity contribution is 5.98. The fraction of sp³-hybridized carbons (Fsp3) is 0.0769. The first-order valence-corrected chi connectivity index (χ1v) is 5.08. The molecule has 16 heavy (non-hydrogen) atoms. The molecule has 2 rings (SSSR count). The zero-order chi connectivity index (χ0) is 11.4. The Balaban J connectivity index is 2.32. The van der Waals surface area contributed by atoms with Gasteiger partial charge < -0.3 is 5.73 Å². The van der Waals surface area contributed by atoms with Gasteiger partial charge in [0.05, 0.1) is 0 Å². The van der Waals surface area contributed by atoms with Crippen molar-refractivity contribution in [3.05, 3.63) is 59.8 Å². The first-order chi connectivity index (χ1) is 7.75. The molecule has 0 atom stereocenters. The van der Waals surface area contributed by atoms with Crippen molar-refractivity contribution >= 4 is 11.7 Å². The number of amidine groups is 1. The molecule has 0 fully saturated rings. The van der Waals surface area contributed by atoms with E-state index in [2.05, 4.69) is 9.98 Å². The molecular weight excluding hydrogens is 198 g/mol. The molecule has 0 amide bonds. The molecule has 0 aliphatic rings. The SMILES string of the molecule is Cc1ccnc(N=C(N)c2ccccc2)c1. The standard InChI is InChI=1S/C13H13N3/c1-10-7-8-15-12(9-10)16-13(14)11-5-3-2-4-6-11/h2-9H,1H3,(H2,14,15,16). The molecule has 80 valence electrons. The van der Waals surface area contributed by atoms with Gasteiger partial charge >= 0.3 is 0 Å². The van der Waals surface area contributed by atoms with Crippen LogP contribution in [0.4, 0.5) is 5.82 Å². The number of aryl methyl sites for hydroxylation is 1. The number of pyridine rings is 1. The lowest BCUT2D eigenvalue weighted by Crippen LogP contribution is -2.12. The zero-order valence-corrected chi connectivity index (χ0v) is 9.09. The maximum atomic E-state index is 5.89. The number of hydrogen-bond acceptors (Lipinski definition) is 2. The highest BCUT2D eigenvalue weighted by atomic mass is 14.9. The van der Waals surface area contributed by atoms with Gasteiger partial charge in [0.2, 0.25) is 0 Å². The Bertz CT molecular complexity index is 504. The fourth-order valence-corrected chi connectivity index (χ4v) is 1.38. The predicted octanol–water partition coefficient (Wildman–Crippen LogP) is 2.43. The van der Waals surface area contributed by atoms with Crippen LogP contribution in [0.1, 0.15) is 11.1 Å². The van der Waals surface area contributed by atoms with E-state index in [4.69, 9.17) is 5.73 Å². The van der Waals surface area contributed by atoms with E-state index in [0.717, 1.165) is 11.1 Å². The van der Waals surface area contributed by atoms with Crippen LogP contribution in [0.25, 0.3) is 0 Å². The van der Waals surface area contributed by atoms with Crippen LogP contribution in [-0.4, -0.2) is 10.8 Å². The fourth-order valence-electron chi connectivity index (χ4n) is 1.38. The van der Waals surface area contributed by atoms with Crippen molar-refractivity contribution in [3.8, 4) is 0 Å². The third kappa shape index (κ3) is 2.45. The van der Waals surface area contributed by atoms with E-state index >= 15 is 0 Å². The summed E-state index contributed by atoms with van der Waals surface area (Å²) < 4.78 is 0. The third-order valence-corrected chi connectivity index (χ3v) is 2.21. The first kappa shape index (κ1) is 10.4. The average Bonchev–Trinajstić information content (AvgIpc) is 2.30. The summed E-state index contributed by atoms with van der Waals surface area (Å²) in [5.41, 5.74) is 7.92. The highest BCUT2D eigenvalue weighted by Crippen LogP contribution is 2.10. The molecule has 1 heterocycles. The Morgan fingerprint density at radius 2 is 1.94 bits per heavy atom. The number of aliphatic imine (C=N–C) groups is 1. The Labute approximate surface area is 94.7 Å². The molecule has 0 aliphatic heterocycles. The van der Waals surface area contributed by atoms with E-state index in [9.17, 15) is 0 Å². The summed E-state index contributed by atoms with van der Waals surface area (Å²) in [6, 6.07) is 13.5. The van der Waals surface area contributed by atoms with Crippen LogP contribution in [-0.2, 0) is 0 Å². The van der Waals surface area contributed by atoms with Crippen LogP contribution in [0.15, 0.2) is 53.7 Å². The van der Waals surface area contributed by atoms with Crippen molar-refractivity contribution in [3.63, 3.8) is 0 Å². The van der Waals surface area contributed by atoms with Crippen LogP contribution < -0.4 is 5.73 Å². The van der Waals surface area contributed by atoms with E-state index in [1.54, 1.807) is 6.20 Å². The van der Waals surface area contributed by atoms with Crippen LogP contribution in [0.2, 0.25) is 0 Å². The van der Waals surface area contributed by atoms with E-state index in [0.29, 0.717) is 11.7 Å². The number of nitrogens with two attached hydrogens (primary N) is 1. The molecule has 0 spiro atoms. The van der Waals surface area contributed by atoms with Gasteiger partial charge in [0.25, 0.3) is 0 Å². The number of rotatable bonds is 2. The van der Waals surface area contributed by atoms with Gasteiger partial charge in [-0.25, -0.2) is 9.98 Å². The van der Waals surface area contributed by atoms with E-state index in [1.807, 2.05) is 49.4 Å². The second-order valence-electron chi connectivity index (χ2n) is 3.55. The number of nitrogens with zero attached hydrogens (tertiary/aromatic N) is 2. The van der Waals surface area contributed by atoms with Gasteiger partial charge in [0.1, 0.15) is 5.84 Å². The average molecular weight is 211 g/mol. The van der Waals surface area contributed by atoms with E-state index in [-0.39, 0.29) is 0 Å². The number of benzene rings is 1. The van der Waals surface area contributed by atoms with Crippen molar-refractivity contribution in [2.24, 2.45) is 10.7 Å². The van der Waals surface area contributed by atoms with Crippen LogP contribution >= 0.6 is 0 Å². The number of hydrogen-bond donors (Lipinski definition) is 1. The van der Waals surface area contributed by atoms with Crippen molar-refractivity contribution in [1.82, 2.24) is 4.98 Å². The minimum absolute atomic E-state index is 0.485. The highest BCUT2D eigenvalue weighted by Gasteiger charge is 1.98. The van der Waals surface area contributed by atoms with E-state index < -0.39 is 0 Å². The summed E-state index contributed by atoms with van der Waals surface area (Å²) in [5, 5.41) is 0. The molecule has 0 saturated heterocycles. The molecule has 0 aliphatic carbocycles. The summed E-state index contributed by atoms with van der Waals surface area (Å²) in [6.07, 6.45) is 1.73. The van der Waals surface area contributed by atoms with Gasteiger partial charge in [-0.2, -0.15) is 0 Å². The molecular formula is C13H13N3. The van der Waals surface area contributed by atoms with Gasteiger partial charge in [0, 0.05) is 11.8 Å². The predicted molar refractivity (Wildman–Crippen MR) is 65.8 cm³/mol. The summed E-state index contributed by atoms with van der Waals surface area (Å²) in [6.45, 7) is 2.00. The van der Waals surface area contributed by atoms with Gasteiger partial charge in [-0.3, -0.25) is 0 Å². The second kappa shape index (κ2) is 4.57. The van der Waals surface area contributed by atoms with Crippen molar-refractivity contribution in [2.45, 2.75) is 6.92 Å². The molecule has 1 aromatic heterocycles. The molecule has 3 nitrogen and oxygen atoms in total. The maximum Gasteiger partial charge on any atom is 0.154 e. The topological polar surface area (TPSA) is 51.3 Å². The Kier molecular flexibility index (Phi) is 2.96. The summed E-state index contributed by atoms with van der Waals surface area (Å²) in [4.78, 5) is 8.41. The van der Waals surface area contributed by atoms with Crippen LogP contribution in [0.3, 0.4) is 0 Å². The minimum Gasteiger partial charge on any atom is -0.383 e. The first-order valence-electron chi connectivity index (χ1n) is 5.08. The monoisotopic (exact) mass is 211 g/mol. The molecule has 0 unspecified atom stereocenters. The maximum absolute atomic E-state index is 5.89. The van der Waals surface area contributed by atoms with Crippen LogP contribution in [0.5, 0.6) is 0 Å². The molecule has 0 radical (unpaired) electrons. The largest absolute Gasteiger partial charge is 0.383 e. The Morgan fingerprint density at radius 3 is 2.62 bits per heavy atom. The zero-order valence-electron chi connectivity index (χ0n) is 9.09. The summed E-state index contributed by atoms with van der Waals surface area (Å²) >= 11 is 0. The Hall–Kier alpha value is -2.16. The van der Waals surface area contributed by atoms with Gasteiger partial charge in [-0.15, -0.1) is 0 Å². The third-order valence-electron chi connectivity index (χ3n) is 2.21. The second-order valence-corrected chi connectivity index (χ2v) is 3.55. The lowest BCUT2D eigenvalue weighted by molar-refractivity contribution is 1.24. The lowest BCUT2D eigenvalue weighted by atomic mass is 10.2. The number of aromatic nitrogens is 1. The summed E-state index contributed by atoms with van der Waals surface area (Å²) in [7, 11) is 0. The smallest absolute Gasteiger partial charge is 0.154 e. The molecule has 0 saturated carbocycles. The van der Waals surface area contributed by atoms with Crippen molar-refractivity contribution in [2.75, 3.05) is 0 Å². The van der Waals surface area contributed by atoms with Crippen molar-refractivity contribution < 1.29 is 0 Å². The molecule has 2 N–H and O–H groups in total. The normalized spacial score (nSPS) is 11.4. The minimum atomic E-state index is 0.485. The van der Waals surface area contributed by atoms with E-state index in [1.165, 1.54) is 0 Å². The van der Waals surface area contributed by atoms with Gasteiger partial charge in [0.15, 0.2) is 5.82 Å².